The topological polar surface area (TPSA) is 134 Å². The van der Waals surface area contributed by atoms with Crippen LogP contribution in [0.25, 0.3) is 0 Å². The molecule has 5 amide bonds. The van der Waals surface area contributed by atoms with Crippen LogP contribution >= 0.6 is 0 Å². The maximum absolute atomic E-state index is 13.3. The first-order chi connectivity index (χ1) is 17.8. The third-order valence-electron chi connectivity index (χ3n) is 8.05. The van der Waals surface area contributed by atoms with E-state index in [-0.39, 0.29) is 48.0 Å². The van der Waals surface area contributed by atoms with Crippen molar-refractivity contribution in [1.29, 1.82) is 0 Å². The quantitative estimate of drug-likeness (QED) is 0.591. The first-order valence-electron chi connectivity index (χ1n) is 12.7. The van der Waals surface area contributed by atoms with Crippen LogP contribution < -0.4 is 10.6 Å². The van der Waals surface area contributed by atoms with E-state index in [2.05, 4.69) is 15.7 Å². The molecule has 4 aliphatic heterocycles. The fraction of sp³-hybridized carbons (Fsp3) is 0.462. The molecule has 1 aromatic carbocycles. The summed E-state index contributed by atoms with van der Waals surface area (Å²) in [5, 5.41) is 10.1. The van der Waals surface area contributed by atoms with E-state index in [1.54, 1.807) is 31.3 Å². The number of rotatable bonds is 5. The van der Waals surface area contributed by atoms with Crippen LogP contribution in [0.15, 0.2) is 30.6 Å². The van der Waals surface area contributed by atoms with Crippen LogP contribution in [-0.4, -0.2) is 67.2 Å². The molecule has 0 saturated carbocycles. The highest BCUT2D eigenvalue weighted by molar-refractivity contribution is 6.25. The second-order valence-electron chi connectivity index (χ2n) is 10.3. The number of carbonyl (C=O) groups is 5. The minimum absolute atomic E-state index is 0.0776. The molecule has 4 aliphatic rings. The van der Waals surface area contributed by atoms with Gasteiger partial charge < -0.3 is 10.2 Å². The number of hydrogen-bond donors (Lipinski definition) is 2. The third-order valence-corrected chi connectivity index (χ3v) is 8.05. The summed E-state index contributed by atoms with van der Waals surface area (Å²) in [4.78, 5) is 65.2. The van der Waals surface area contributed by atoms with Crippen molar-refractivity contribution < 1.29 is 24.0 Å². The van der Waals surface area contributed by atoms with Crippen LogP contribution in [-0.2, 0) is 20.9 Å². The summed E-state index contributed by atoms with van der Waals surface area (Å²) in [5.74, 6) is -1.96. The molecule has 11 heteroatoms. The Morgan fingerprint density at radius 1 is 1.05 bits per heavy atom. The molecule has 11 nitrogen and oxygen atoms in total. The lowest BCUT2D eigenvalue weighted by Gasteiger charge is -2.38. The lowest BCUT2D eigenvalue weighted by molar-refractivity contribution is -0.136. The highest BCUT2D eigenvalue weighted by Gasteiger charge is 2.46. The molecular weight excluding hydrogens is 476 g/mol. The molecule has 0 spiro atoms. The van der Waals surface area contributed by atoms with E-state index in [9.17, 15) is 24.0 Å². The SMILES string of the molecule is CC(=O)N1C2CCC1CC(n1cc(CNc3cccc4c3C(=O)N(C3CCC(=O)NC3=O)C4=O)cn1)C2. The fourth-order valence-corrected chi connectivity index (χ4v) is 6.41. The van der Waals surface area contributed by atoms with Gasteiger partial charge in [-0.3, -0.25) is 38.9 Å². The minimum Gasteiger partial charge on any atom is -0.380 e. The molecule has 1 aromatic heterocycles. The number of hydrogen-bond acceptors (Lipinski definition) is 7. The molecule has 37 heavy (non-hydrogen) atoms. The summed E-state index contributed by atoms with van der Waals surface area (Å²) in [6, 6.07) is 4.79. The van der Waals surface area contributed by atoms with Crippen LogP contribution in [0.1, 0.15) is 77.8 Å². The zero-order chi connectivity index (χ0) is 25.8. The van der Waals surface area contributed by atoms with Gasteiger partial charge in [-0.25, -0.2) is 0 Å². The van der Waals surface area contributed by atoms with Gasteiger partial charge in [0.2, 0.25) is 17.7 Å². The van der Waals surface area contributed by atoms with Crippen molar-refractivity contribution in [3.63, 3.8) is 0 Å². The van der Waals surface area contributed by atoms with Crippen LogP contribution in [0.4, 0.5) is 5.69 Å². The smallest absolute Gasteiger partial charge is 0.264 e. The summed E-state index contributed by atoms with van der Waals surface area (Å²) in [7, 11) is 0. The van der Waals surface area contributed by atoms with Gasteiger partial charge in [0.15, 0.2) is 0 Å². The molecule has 3 atom stereocenters. The molecule has 5 heterocycles. The summed E-state index contributed by atoms with van der Waals surface area (Å²) < 4.78 is 1.98. The number of anilines is 1. The van der Waals surface area contributed by atoms with E-state index in [0.717, 1.165) is 36.1 Å². The number of nitrogens with zero attached hydrogens (tertiary/aromatic N) is 4. The molecule has 2 aromatic rings. The Hall–Kier alpha value is -4.02. The average molecular weight is 505 g/mol. The summed E-state index contributed by atoms with van der Waals surface area (Å²) in [6.45, 7) is 2.04. The van der Waals surface area contributed by atoms with Gasteiger partial charge in [0.25, 0.3) is 11.8 Å². The highest BCUT2D eigenvalue weighted by atomic mass is 16.2. The van der Waals surface area contributed by atoms with E-state index < -0.39 is 29.7 Å². The third kappa shape index (κ3) is 3.89. The number of fused-ring (bicyclic) bond motifs is 3. The predicted molar refractivity (Wildman–Crippen MR) is 130 cm³/mol. The summed E-state index contributed by atoms with van der Waals surface area (Å²) >= 11 is 0. The largest absolute Gasteiger partial charge is 0.380 e. The standard InChI is InChI=1S/C26H28N6O5/c1-14(33)31-16-5-6-17(31)10-18(9-16)30-13-15(12-28-30)11-27-20-4-2-3-19-23(20)26(37)32(25(19)36)21-7-8-22(34)29-24(21)35/h2-4,12-13,16-18,21,27H,5-11H2,1H3,(H,29,34,35). The minimum atomic E-state index is -0.999. The van der Waals surface area contributed by atoms with Gasteiger partial charge in [-0.15, -0.1) is 0 Å². The molecular formula is C26H28N6O5. The van der Waals surface area contributed by atoms with Crippen molar-refractivity contribution >= 4 is 35.2 Å². The number of aromatic nitrogens is 2. The molecule has 2 N–H and O–H groups in total. The lowest BCUT2D eigenvalue weighted by Crippen LogP contribution is -2.54. The molecule has 0 radical (unpaired) electrons. The molecule has 6 rings (SSSR count). The first kappa shape index (κ1) is 23.4. The Bertz CT molecular complexity index is 1320. The molecule has 3 saturated heterocycles. The number of imide groups is 2. The van der Waals surface area contributed by atoms with Crippen molar-refractivity contribution in [2.75, 3.05) is 5.32 Å². The van der Waals surface area contributed by atoms with Crippen molar-refractivity contribution in [3.05, 3.63) is 47.3 Å². The molecule has 2 bridgehead atoms. The second-order valence-corrected chi connectivity index (χ2v) is 10.3. The second kappa shape index (κ2) is 8.82. The van der Waals surface area contributed by atoms with E-state index >= 15 is 0 Å². The Kier molecular flexibility index (Phi) is 5.58. The Balaban J connectivity index is 1.15. The molecule has 0 aliphatic carbocycles. The first-order valence-corrected chi connectivity index (χ1v) is 12.7. The maximum Gasteiger partial charge on any atom is 0.264 e. The van der Waals surface area contributed by atoms with E-state index in [1.807, 2.05) is 15.8 Å². The average Bonchev–Trinajstić information content (AvgIpc) is 3.52. The lowest BCUT2D eigenvalue weighted by atomic mass is 9.97. The Labute approximate surface area is 213 Å². The van der Waals surface area contributed by atoms with Crippen LogP contribution in [0.5, 0.6) is 0 Å². The van der Waals surface area contributed by atoms with Crippen molar-refractivity contribution in [3.8, 4) is 0 Å². The van der Waals surface area contributed by atoms with Crippen LogP contribution in [0.2, 0.25) is 0 Å². The van der Waals surface area contributed by atoms with Gasteiger partial charge >= 0.3 is 0 Å². The molecule has 3 unspecified atom stereocenters. The maximum atomic E-state index is 13.3. The van der Waals surface area contributed by atoms with Crippen LogP contribution in [0.3, 0.4) is 0 Å². The number of piperidine rings is 2. The van der Waals surface area contributed by atoms with Gasteiger partial charge in [0.05, 0.1) is 23.4 Å². The van der Waals surface area contributed by atoms with Crippen LogP contribution in [0, 0.1) is 0 Å². The fourth-order valence-electron chi connectivity index (χ4n) is 6.41. The van der Waals surface area contributed by atoms with Gasteiger partial charge in [0.1, 0.15) is 6.04 Å². The highest BCUT2D eigenvalue weighted by Crippen LogP contribution is 2.40. The normalized spacial score (nSPS) is 26.9. The van der Waals surface area contributed by atoms with Gasteiger partial charge in [-0.2, -0.15) is 5.10 Å². The Morgan fingerprint density at radius 2 is 1.81 bits per heavy atom. The van der Waals surface area contributed by atoms with E-state index in [0.29, 0.717) is 12.2 Å². The number of amides is 5. The van der Waals surface area contributed by atoms with Crippen molar-refractivity contribution in [2.24, 2.45) is 0 Å². The van der Waals surface area contributed by atoms with Gasteiger partial charge in [0, 0.05) is 49.4 Å². The van der Waals surface area contributed by atoms with Gasteiger partial charge in [-0.05, 0) is 44.2 Å². The van der Waals surface area contributed by atoms with E-state index in [1.165, 1.54) is 0 Å². The molecule has 3 fully saturated rings. The zero-order valence-electron chi connectivity index (χ0n) is 20.5. The Morgan fingerprint density at radius 3 is 2.51 bits per heavy atom. The number of carbonyl (C=O) groups excluding carboxylic acids is 5. The van der Waals surface area contributed by atoms with Crippen molar-refractivity contribution in [1.82, 2.24) is 24.9 Å². The zero-order valence-corrected chi connectivity index (χ0v) is 20.5. The number of benzene rings is 1. The monoisotopic (exact) mass is 504 g/mol. The molecule has 192 valence electrons. The van der Waals surface area contributed by atoms with Gasteiger partial charge in [-0.1, -0.05) is 6.07 Å². The number of nitrogens with one attached hydrogen (secondary N) is 2. The summed E-state index contributed by atoms with van der Waals surface area (Å²) in [6.07, 6.45) is 7.84. The van der Waals surface area contributed by atoms with Crippen molar-refractivity contribution in [2.45, 2.75) is 76.2 Å². The van der Waals surface area contributed by atoms with E-state index in [4.69, 9.17) is 0 Å². The summed E-state index contributed by atoms with van der Waals surface area (Å²) in [5.41, 5.74) is 1.91. The predicted octanol–water partition coefficient (Wildman–Crippen LogP) is 1.61.